The highest BCUT2D eigenvalue weighted by molar-refractivity contribution is 5.83. The van der Waals surface area contributed by atoms with Gasteiger partial charge in [-0.05, 0) is 51.7 Å². The lowest BCUT2D eigenvalue weighted by atomic mass is 9.92. The van der Waals surface area contributed by atoms with Crippen molar-refractivity contribution in [3.8, 4) is 0 Å². The van der Waals surface area contributed by atoms with Crippen molar-refractivity contribution in [1.29, 1.82) is 0 Å². The Morgan fingerprint density at radius 1 is 1.15 bits per heavy atom. The van der Waals surface area contributed by atoms with Gasteiger partial charge in [0.15, 0.2) is 0 Å². The van der Waals surface area contributed by atoms with Gasteiger partial charge in [-0.15, -0.1) is 0 Å². The molecule has 0 aliphatic carbocycles. The Balaban J connectivity index is 1.91. The van der Waals surface area contributed by atoms with Gasteiger partial charge in [-0.25, -0.2) is 9.59 Å². The molecule has 2 N–H and O–H groups in total. The van der Waals surface area contributed by atoms with Gasteiger partial charge in [0.2, 0.25) is 0 Å². The van der Waals surface area contributed by atoms with Crippen molar-refractivity contribution in [2.75, 3.05) is 26.7 Å². The first kappa shape index (κ1) is 15.1. The fourth-order valence-corrected chi connectivity index (χ4v) is 3.03. The summed E-state index contributed by atoms with van der Waals surface area (Å²) in [6.45, 7) is 4.54. The fourth-order valence-electron chi connectivity index (χ4n) is 3.03. The monoisotopic (exact) mass is 283 g/mol. The Hall–Kier alpha value is -1.30. The van der Waals surface area contributed by atoms with Gasteiger partial charge in [0.1, 0.15) is 6.04 Å². The Morgan fingerprint density at radius 2 is 1.80 bits per heavy atom. The Morgan fingerprint density at radius 3 is 2.40 bits per heavy atom. The zero-order chi connectivity index (χ0) is 14.7. The zero-order valence-electron chi connectivity index (χ0n) is 12.3. The average molecular weight is 283 g/mol. The van der Waals surface area contributed by atoms with E-state index in [9.17, 15) is 14.7 Å². The summed E-state index contributed by atoms with van der Waals surface area (Å²) in [4.78, 5) is 27.4. The average Bonchev–Trinajstić information content (AvgIpc) is 2.41. The van der Waals surface area contributed by atoms with E-state index in [4.69, 9.17) is 0 Å². The van der Waals surface area contributed by atoms with Crippen LogP contribution in [0.5, 0.6) is 0 Å². The van der Waals surface area contributed by atoms with Gasteiger partial charge < -0.3 is 20.2 Å². The summed E-state index contributed by atoms with van der Waals surface area (Å²) < 4.78 is 0. The molecule has 0 spiro atoms. The molecule has 0 bridgehead atoms. The zero-order valence-corrected chi connectivity index (χ0v) is 12.3. The van der Waals surface area contributed by atoms with E-state index in [0.29, 0.717) is 18.9 Å². The minimum Gasteiger partial charge on any atom is -0.480 e. The molecule has 2 heterocycles. The van der Waals surface area contributed by atoms with Crippen LogP contribution >= 0.6 is 0 Å². The third-order valence-corrected chi connectivity index (χ3v) is 4.46. The number of carbonyl (C=O) groups excluding carboxylic acids is 1. The molecule has 2 fully saturated rings. The van der Waals surface area contributed by atoms with Gasteiger partial charge in [0.05, 0.1) is 0 Å². The number of hydrogen-bond acceptors (Lipinski definition) is 3. The molecule has 6 nitrogen and oxygen atoms in total. The summed E-state index contributed by atoms with van der Waals surface area (Å²) in [5.74, 6) is -0.529. The first-order chi connectivity index (χ1) is 9.47. The number of rotatable bonds is 2. The SMILES string of the molecule is CC1CCN(C(=O)NC2CCN(C)CC2)C(C(=O)O)C1. The normalized spacial score (nSPS) is 29.2. The van der Waals surface area contributed by atoms with Crippen LogP contribution in [-0.2, 0) is 4.79 Å². The molecule has 20 heavy (non-hydrogen) atoms. The van der Waals surface area contributed by atoms with Gasteiger partial charge >= 0.3 is 12.0 Å². The van der Waals surface area contributed by atoms with E-state index in [0.717, 1.165) is 32.4 Å². The summed E-state index contributed by atoms with van der Waals surface area (Å²) in [6.07, 6.45) is 3.30. The van der Waals surface area contributed by atoms with E-state index in [1.807, 2.05) is 6.92 Å². The molecule has 2 aliphatic heterocycles. The van der Waals surface area contributed by atoms with Crippen molar-refractivity contribution in [2.24, 2.45) is 5.92 Å². The molecule has 2 amide bonds. The molecule has 114 valence electrons. The molecular formula is C14H25N3O3. The molecule has 0 radical (unpaired) electrons. The Bertz CT molecular complexity index is 367. The molecule has 6 heteroatoms. The predicted molar refractivity (Wildman–Crippen MR) is 75.6 cm³/mol. The van der Waals surface area contributed by atoms with Crippen molar-refractivity contribution in [3.63, 3.8) is 0 Å². The van der Waals surface area contributed by atoms with E-state index >= 15 is 0 Å². The third-order valence-electron chi connectivity index (χ3n) is 4.46. The minimum absolute atomic E-state index is 0.174. The molecule has 0 aromatic carbocycles. The van der Waals surface area contributed by atoms with Crippen LogP contribution in [0.4, 0.5) is 4.79 Å². The number of urea groups is 1. The number of carboxylic acid groups (broad SMARTS) is 1. The molecule has 2 rings (SSSR count). The number of nitrogens with one attached hydrogen (secondary N) is 1. The number of amides is 2. The number of carbonyl (C=O) groups is 2. The second-order valence-electron chi connectivity index (χ2n) is 6.20. The second kappa shape index (κ2) is 6.43. The van der Waals surface area contributed by atoms with Crippen molar-refractivity contribution in [1.82, 2.24) is 15.1 Å². The highest BCUT2D eigenvalue weighted by atomic mass is 16.4. The van der Waals surface area contributed by atoms with Crippen LogP contribution < -0.4 is 5.32 Å². The summed E-state index contributed by atoms with van der Waals surface area (Å²) in [5, 5.41) is 12.3. The van der Waals surface area contributed by atoms with Gasteiger partial charge in [-0.1, -0.05) is 6.92 Å². The van der Waals surface area contributed by atoms with Crippen LogP contribution in [0.1, 0.15) is 32.6 Å². The van der Waals surface area contributed by atoms with Crippen molar-refractivity contribution < 1.29 is 14.7 Å². The van der Waals surface area contributed by atoms with E-state index < -0.39 is 12.0 Å². The van der Waals surface area contributed by atoms with Crippen LogP contribution in [0.15, 0.2) is 0 Å². The summed E-state index contributed by atoms with van der Waals surface area (Å²) >= 11 is 0. The molecule has 2 atom stereocenters. The van der Waals surface area contributed by atoms with Gasteiger partial charge in [0.25, 0.3) is 0 Å². The number of hydrogen-bond donors (Lipinski definition) is 2. The van der Waals surface area contributed by atoms with Crippen molar-refractivity contribution >= 4 is 12.0 Å². The lowest BCUT2D eigenvalue weighted by Gasteiger charge is -2.38. The van der Waals surface area contributed by atoms with Gasteiger partial charge in [-0.2, -0.15) is 0 Å². The smallest absolute Gasteiger partial charge is 0.326 e. The van der Waals surface area contributed by atoms with Gasteiger partial charge in [0, 0.05) is 12.6 Å². The summed E-state index contributed by atoms with van der Waals surface area (Å²) in [6, 6.07) is -0.712. The number of aliphatic carboxylic acids is 1. The number of likely N-dealkylation sites (tertiary alicyclic amines) is 2. The van der Waals surface area contributed by atoms with Crippen LogP contribution in [0, 0.1) is 5.92 Å². The summed E-state index contributed by atoms with van der Waals surface area (Å²) in [7, 11) is 2.07. The van der Waals surface area contributed by atoms with Crippen LogP contribution in [0.25, 0.3) is 0 Å². The van der Waals surface area contributed by atoms with Gasteiger partial charge in [-0.3, -0.25) is 0 Å². The van der Waals surface area contributed by atoms with Crippen LogP contribution in [-0.4, -0.2) is 65.7 Å². The lowest BCUT2D eigenvalue weighted by molar-refractivity contribution is -0.143. The minimum atomic E-state index is -0.893. The molecule has 0 aromatic heterocycles. The second-order valence-corrected chi connectivity index (χ2v) is 6.20. The highest BCUT2D eigenvalue weighted by Gasteiger charge is 2.35. The Kier molecular flexibility index (Phi) is 4.86. The molecule has 0 saturated carbocycles. The standard InChI is InChI=1S/C14H25N3O3/c1-10-3-8-17(12(9-10)13(18)19)14(20)15-11-4-6-16(2)7-5-11/h10-12H,3-9H2,1-2H3,(H,15,20)(H,18,19). The van der Waals surface area contributed by atoms with E-state index in [1.165, 1.54) is 4.90 Å². The maximum Gasteiger partial charge on any atom is 0.326 e. The first-order valence-corrected chi connectivity index (χ1v) is 7.46. The number of piperidine rings is 2. The van der Waals surface area contributed by atoms with E-state index in [2.05, 4.69) is 17.3 Å². The summed E-state index contributed by atoms with van der Waals surface area (Å²) in [5.41, 5.74) is 0. The molecule has 2 aliphatic rings. The Labute approximate surface area is 120 Å². The number of carboxylic acids is 1. The van der Waals surface area contributed by atoms with Crippen molar-refractivity contribution in [2.45, 2.75) is 44.7 Å². The predicted octanol–water partition coefficient (Wildman–Crippen LogP) is 0.975. The molecular weight excluding hydrogens is 258 g/mol. The van der Waals surface area contributed by atoms with E-state index in [-0.39, 0.29) is 12.1 Å². The molecule has 2 unspecified atom stereocenters. The van der Waals surface area contributed by atoms with Crippen LogP contribution in [0.3, 0.4) is 0 Å². The quantitative estimate of drug-likeness (QED) is 0.792. The highest BCUT2D eigenvalue weighted by Crippen LogP contribution is 2.23. The van der Waals surface area contributed by atoms with Crippen LogP contribution in [0.2, 0.25) is 0 Å². The molecule has 0 aromatic rings. The number of nitrogens with zero attached hydrogens (tertiary/aromatic N) is 2. The van der Waals surface area contributed by atoms with Crippen molar-refractivity contribution in [3.05, 3.63) is 0 Å². The lowest BCUT2D eigenvalue weighted by Crippen LogP contribution is -2.56. The topological polar surface area (TPSA) is 72.9 Å². The van der Waals surface area contributed by atoms with E-state index in [1.54, 1.807) is 0 Å². The maximum atomic E-state index is 12.3. The largest absolute Gasteiger partial charge is 0.480 e. The molecule has 2 saturated heterocycles. The first-order valence-electron chi connectivity index (χ1n) is 7.46. The third kappa shape index (κ3) is 3.62. The maximum absolute atomic E-state index is 12.3. The fraction of sp³-hybridized carbons (Fsp3) is 0.857.